The second kappa shape index (κ2) is 9.38. The molecule has 146 valence electrons. The highest BCUT2D eigenvalue weighted by Gasteiger charge is 2.11. The first-order valence-corrected chi connectivity index (χ1v) is 9.71. The van der Waals surface area contributed by atoms with Gasteiger partial charge >= 0.3 is 0 Å². The first-order chi connectivity index (χ1) is 13.6. The normalized spacial score (nSPS) is 11.0. The van der Waals surface area contributed by atoms with E-state index in [9.17, 15) is 4.79 Å². The van der Waals surface area contributed by atoms with E-state index in [0.29, 0.717) is 33.8 Å². The average molecular weight is 419 g/mol. The van der Waals surface area contributed by atoms with Gasteiger partial charge in [-0.2, -0.15) is 5.10 Å². The van der Waals surface area contributed by atoms with Crippen LogP contribution in [0.2, 0.25) is 5.02 Å². The summed E-state index contributed by atoms with van der Waals surface area (Å²) < 4.78 is 11.8. The first-order valence-electron chi connectivity index (χ1n) is 8.52. The highest BCUT2D eigenvalue weighted by Crippen LogP contribution is 2.36. The van der Waals surface area contributed by atoms with Gasteiger partial charge in [0.2, 0.25) is 0 Å². The third kappa shape index (κ3) is 4.90. The van der Waals surface area contributed by atoms with E-state index in [1.165, 1.54) is 24.7 Å². The van der Waals surface area contributed by atoms with E-state index in [4.69, 9.17) is 21.1 Å². The van der Waals surface area contributed by atoms with Crippen LogP contribution in [0.15, 0.2) is 41.5 Å². The van der Waals surface area contributed by atoms with E-state index in [1.807, 2.05) is 31.2 Å². The lowest BCUT2D eigenvalue weighted by molar-refractivity contribution is -0.119. The molecule has 1 amide bonds. The largest absolute Gasteiger partial charge is 0.493 e. The second-order valence-electron chi connectivity index (χ2n) is 5.60. The van der Waals surface area contributed by atoms with E-state index < -0.39 is 0 Å². The Bertz CT molecular complexity index is 973. The van der Waals surface area contributed by atoms with E-state index >= 15 is 0 Å². The Labute approximate surface area is 171 Å². The molecule has 0 saturated carbocycles. The highest BCUT2D eigenvalue weighted by molar-refractivity contribution is 7.22. The predicted molar refractivity (Wildman–Crippen MR) is 113 cm³/mol. The van der Waals surface area contributed by atoms with Crippen LogP contribution in [0.3, 0.4) is 0 Å². The number of rotatable bonds is 8. The van der Waals surface area contributed by atoms with Gasteiger partial charge in [-0.25, -0.2) is 10.4 Å². The Balaban J connectivity index is 1.56. The number of para-hydroxylation sites is 1. The fourth-order valence-corrected chi connectivity index (χ4v) is 3.56. The number of thiazole rings is 1. The topological polar surface area (TPSA) is 84.8 Å². The molecule has 28 heavy (non-hydrogen) atoms. The molecular weight excluding hydrogens is 400 g/mol. The zero-order valence-corrected chi connectivity index (χ0v) is 16.9. The van der Waals surface area contributed by atoms with Crippen molar-refractivity contribution in [3.8, 4) is 11.5 Å². The minimum atomic E-state index is -0.292. The summed E-state index contributed by atoms with van der Waals surface area (Å²) in [5, 5.41) is 8.04. The third-order valence-electron chi connectivity index (χ3n) is 3.64. The van der Waals surface area contributed by atoms with E-state index in [-0.39, 0.29) is 12.5 Å². The molecule has 2 N–H and O–H groups in total. The molecule has 1 aromatic heterocycles. The van der Waals surface area contributed by atoms with Gasteiger partial charge in [-0.1, -0.05) is 35.1 Å². The summed E-state index contributed by atoms with van der Waals surface area (Å²) in [6.07, 6.45) is 1.49. The number of fused-ring (bicyclic) bond motifs is 1. The molecule has 0 spiro atoms. The van der Waals surface area contributed by atoms with Crippen molar-refractivity contribution >= 4 is 50.4 Å². The number of benzene rings is 2. The number of nitrogens with one attached hydrogen (secondary N) is 2. The lowest BCUT2D eigenvalue weighted by atomic mass is 10.2. The molecule has 7 nitrogen and oxygen atoms in total. The van der Waals surface area contributed by atoms with Crippen LogP contribution in [-0.2, 0) is 4.79 Å². The molecule has 0 radical (unpaired) electrons. The molecule has 0 atom stereocenters. The zero-order chi connectivity index (χ0) is 19.9. The molecule has 0 saturated heterocycles. The number of halogens is 1. The lowest BCUT2D eigenvalue weighted by Gasteiger charge is -2.11. The van der Waals surface area contributed by atoms with Crippen molar-refractivity contribution in [1.29, 1.82) is 0 Å². The number of aromatic nitrogens is 1. The Hall–Kier alpha value is -2.84. The molecule has 0 aliphatic carbocycles. The SMILES string of the molecule is CCOc1c(Cl)cc(/C=N\NC(=O)CNc2nc3ccccc3s2)cc1OC. The monoisotopic (exact) mass is 418 g/mol. The van der Waals surface area contributed by atoms with Gasteiger partial charge in [-0.05, 0) is 36.8 Å². The number of hydrazone groups is 1. The summed E-state index contributed by atoms with van der Waals surface area (Å²) in [5.74, 6) is 0.687. The van der Waals surface area contributed by atoms with Gasteiger partial charge in [-0.15, -0.1) is 0 Å². The molecule has 0 aliphatic heterocycles. The number of amides is 1. The first kappa shape index (κ1) is 19.9. The second-order valence-corrected chi connectivity index (χ2v) is 7.04. The molecule has 0 unspecified atom stereocenters. The molecule has 0 aliphatic rings. The quantitative estimate of drug-likeness (QED) is 0.428. The van der Waals surface area contributed by atoms with Crippen molar-refractivity contribution in [2.24, 2.45) is 5.10 Å². The maximum Gasteiger partial charge on any atom is 0.259 e. The fraction of sp³-hybridized carbons (Fsp3) is 0.211. The Morgan fingerprint density at radius 2 is 2.18 bits per heavy atom. The fourth-order valence-electron chi connectivity index (χ4n) is 2.42. The van der Waals surface area contributed by atoms with Gasteiger partial charge in [0.05, 0.1) is 41.7 Å². The van der Waals surface area contributed by atoms with Gasteiger partial charge < -0.3 is 14.8 Å². The van der Waals surface area contributed by atoms with Crippen LogP contribution in [0.25, 0.3) is 10.2 Å². The maximum atomic E-state index is 12.0. The highest BCUT2D eigenvalue weighted by atomic mass is 35.5. The predicted octanol–water partition coefficient (Wildman–Crippen LogP) is 3.92. The minimum absolute atomic E-state index is 0.0600. The molecule has 9 heteroatoms. The van der Waals surface area contributed by atoms with Crippen LogP contribution < -0.4 is 20.2 Å². The van der Waals surface area contributed by atoms with Gasteiger partial charge in [0.25, 0.3) is 5.91 Å². The van der Waals surface area contributed by atoms with Crippen molar-refractivity contribution in [2.75, 3.05) is 25.6 Å². The number of hydrogen-bond donors (Lipinski definition) is 2. The zero-order valence-electron chi connectivity index (χ0n) is 15.4. The number of ether oxygens (including phenoxy) is 2. The van der Waals surface area contributed by atoms with Crippen LogP contribution in [0.5, 0.6) is 11.5 Å². The number of carbonyl (C=O) groups excluding carboxylic acids is 1. The molecule has 3 aromatic rings. The van der Waals surface area contributed by atoms with Crippen LogP contribution in [-0.4, -0.2) is 37.4 Å². The van der Waals surface area contributed by atoms with Crippen LogP contribution >= 0.6 is 22.9 Å². The smallest absolute Gasteiger partial charge is 0.259 e. The van der Waals surface area contributed by atoms with Gasteiger partial charge in [0.1, 0.15) is 0 Å². The number of anilines is 1. The minimum Gasteiger partial charge on any atom is -0.493 e. The maximum absolute atomic E-state index is 12.0. The standard InChI is InChI=1S/C19H19ClN4O3S/c1-3-27-18-13(20)8-12(9-15(18)26-2)10-22-24-17(25)11-21-19-23-14-6-4-5-7-16(14)28-19/h4-10H,3,11H2,1-2H3,(H,21,23)(H,24,25)/b22-10-. The van der Waals surface area contributed by atoms with Crippen LogP contribution in [0.1, 0.15) is 12.5 Å². The van der Waals surface area contributed by atoms with E-state index in [0.717, 1.165) is 10.2 Å². The van der Waals surface area contributed by atoms with Crippen molar-refractivity contribution in [3.63, 3.8) is 0 Å². The summed E-state index contributed by atoms with van der Waals surface area (Å²) in [4.78, 5) is 16.4. The van der Waals surface area contributed by atoms with Gasteiger partial charge in [-0.3, -0.25) is 4.79 Å². The Kier molecular flexibility index (Phi) is 6.67. The van der Waals surface area contributed by atoms with Gasteiger partial charge in [0.15, 0.2) is 16.6 Å². The molecule has 1 heterocycles. The van der Waals surface area contributed by atoms with Crippen molar-refractivity contribution < 1.29 is 14.3 Å². The van der Waals surface area contributed by atoms with E-state index in [1.54, 1.807) is 12.1 Å². The number of hydrogen-bond acceptors (Lipinski definition) is 7. The molecular formula is C19H19ClN4O3S. The summed E-state index contributed by atoms with van der Waals surface area (Å²) in [6.45, 7) is 2.40. The molecule has 3 rings (SSSR count). The van der Waals surface area contributed by atoms with Gasteiger partial charge in [0, 0.05) is 0 Å². The summed E-state index contributed by atoms with van der Waals surface area (Å²) in [5.41, 5.74) is 4.03. The van der Waals surface area contributed by atoms with Crippen LogP contribution in [0.4, 0.5) is 5.13 Å². The Morgan fingerprint density at radius 1 is 1.36 bits per heavy atom. The van der Waals surface area contributed by atoms with Crippen molar-refractivity contribution in [2.45, 2.75) is 6.92 Å². The number of carbonyl (C=O) groups is 1. The molecule has 2 aromatic carbocycles. The average Bonchev–Trinajstić information content (AvgIpc) is 3.11. The Morgan fingerprint density at radius 3 is 2.93 bits per heavy atom. The summed E-state index contributed by atoms with van der Waals surface area (Å²) in [7, 11) is 1.53. The molecule has 0 fully saturated rings. The van der Waals surface area contributed by atoms with Crippen molar-refractivity contribution in [3.05, 3.63) is 47.0 Å². The van der Waals surface area contributed by atoms with Crippen molar-refractivity contribution in [1.82, 2.24) is 10.4 Å². The van der Waals surface area contributed by atoms with Crippen LogP contribution in [0, 0.1) is 0 Å². The summed E-state index contributed by atoms with van der Waals surface area (Å²) >= 11 is 7.70. The number of methoxy groups -OCH3 is 1. The molecule has 0 bridgehead atoms. The summed E-state index contributed by atoms with van der Waals surface area (Å²) in [6, 6.07) is 11.2. The number of nitrogens with zero attached hydrogens (tertiary/aromatic N) is 2. The third-order valence-corrected chi connectivity index (χ3v) is 4.91. The lowest BCUT2D eigenvalue weighted by Crippen LogP contribution is -2.25. The van der Waals surface area contributed by atoms with E-state index in [2.05, 4.69) is 20.8 Å².